The summed E-state index contributed by atoms with van der Waals surface area (Å²) in [4.78, 5) is 28.8. The van der Waals surface area contributed by atoms with Crippen LogP contribution in [0.4, 0.5) is 0 Å². The first-order valence-electron chi connectivity index (χ1n) is 7.16. The van der Waals surface area contributed by atoms with E-state index in [1.807, 2.05) is 0 Å². The van der Waals surface area contributed by atoms with Gasteiger partial charge in [0.25, 0.3) is 0 Å². The number of carbonyl (C=O) groups excluding carboxylic acids is 2. The topological polar surface area (TPSA) is 49.9 Å². The van der Waals surface area contributed by atoms with Gasteiger partial charge in [0.05, 0.1) is 6.61 Å². The molecule has 0 aromatic heterocycles. The Kier molecular flexibility index (Phi) is 8.78. The van der Waals surface area contributed by atoms with Crippen molar-refractivity contribution >= 4 is 11.8 Å². The summed E-state index contributed by atoms with van der Waals surface area (Å²) in [5.74, 6) is -0.568. The van der Waals surface area contributed by atoms with Gasteiger partial charge in [-0.3, -0.25) is 14.5 Å². The van der Waals surface area contributed by atoms with E-state index in [4.69, 9.17) is 4.74 Å². The van der Waals surface area contributed by atoms with E-state index < -0.39 is 11.4 Å². The maximum Gasteiger partial charge on any atom is 0.321 e. The molecule has 1 heterocycles. The van der Waals surface area contributed by atoms with E-state index in [0.29, 0.717) is 13.0 Å². The predicted octanol–water partition coefficient (Wildman–Crippen LogP) is -2.05. The molecule has 0 radical (unpaired) electrons. The molecule has 0 spiro atoms. The molecule has 1 unspecified atom stereocenters. The molecule has 21 heavy (non-hydrogen) atoms. The molecule has 0 bridgehead atoms. The van der Waals surface area contributed by atoms with Crippen LogP contribution in [0.3, 0.4) is 0 Å². The quantitative estimate of drug-likeness (QED) is 0.307. The van der Waals surface area contributed by atoms with Gasteiger partial charge in [0.1, 0.15) is 11.2 Å². The van der Waals surface area contributed by atoms with Crippen molar-refractivity contribution in [3.63, 3.8) is 0 Å². The summed E-state index contributed by atoms with van der Waals surface area (Å²) < 4.78 is 5.14. The molecule has 1 rings (SSSR count). The van der Waals surface area contributed by atoms with Crippen molar-refractivity contribution in [3.8, 4) is 0 Å². The third kappa shape index (κ3) is 5.09. The zero-order valence-corrected chi connectivity index (χ0v) is 14.0. The van der Waals surface area contributed by atoms with Crippen molar-refractivity contribution in [2.75, 3.05) is 46.4 Å². The molecule has 5 nitrogen and oxygen atoms in total. The minimum Gasteiger partial charge on any atom is -1.00 e. The van der Waals surface area contributed by atoms with Gasteiger partial charge in [0, 0.05) is 32.7 Å². The highest BCUT2D eigenvalue weighted by Crippen LogP contribution is 2.28. The average Bonchev–Trinajstić information content (AvgIpc) is 2.40. The number of Topliss-reactive ketones (excluding diaryl/α,β-unsaturated/α-hetero) is 1. The third-order valence-corrected chi connectivity index (χ3v) is 3.92. The van der Waals surface area contributed by atoms with Gasteiger partial charge in [-0.2, -0.15) is 0 Å². The molecule has 0 N–H and O–H groups in total. The molecule has 0 saturated carbocycles. The van der Waals surface area contributed by atoms with Crippen molar-refractivity contribution in [2.45, 2.75) is 20.3 Å². The second kappa shape index (κ2) is 9.18. The van der Waals surface area contributed by atoms with Crippen molar-refractivity contribution in [2.24, 2.45) is 5.41 Å². The van der Waals surface area contributed by atoms with Gasteiger partial charge in [0.15, 0.2) is 0 Å². The molecule has 1 aliphatic heterocycles. The summed E-state index contributed by atoms with van der Waals surface area (Å²) in [6.45, 7) is 11.2. The van der Waals surface area contributed by atoms with Gasteiger partial charge in [0.2, 0.25) is 0 Å². The summed E-state index contributed by atoms with van der Waals surface area (Å²) in [6, 6.07) is 0. The van der Waals surface area contributed by atoms with Crippen LogP contribution < -0.4 is 12.4 Å². The number of halogens is 1. The summed E-state index contributed by atoms with van der Waals surface area (Å²) in [5, 5.41) is 0. The summed E-state index contributed by atoms with van der Waals surface area (Å²) in [5.41, 5.74) is -1.10. The first kappa shape index (κ1) is 20.1. The number of carbonyl (C=O) groups is 2. The van der Waals surface area contributed by atoms with Gasteiger partial charge in [-0.05, 0) is 27.3 Å². The minimum atomic E-state index is -1.10. The van der Waals surface area contributed by atoms with Gasteiger partial charge >= 0.3 is 5.97 Å². The molecule has 6 heteroatoms. The number of hydrogen-bond acceptors (Lipinski definition) is 5. The lowest BCUT2D eigenvalue weighted by molar-refractivity contribution is -0.161. The molecule has 1 aliphatic rings. The number of ketones is 1. The monoisotopic (exact) mass is 317 g/mol. The number of ether oxygens (including phenoxy) is 1. The molecule has 122 valence electrons. The number of likely N-dealkylation sites (N-methyl/N-ethyl adjacent to an activating group) is 1. The smallest absolute Gasteiger partial charge is 0.321 e. The Bertz CT molecular complexity index is 368. The van der Waals surface area contributed by atoms with Crippen molar-refractivity contribution in [3.05, 3.63) is 12.7 Å². The van der Waals surface area contributed by atoms with Crippen LogP contribution in [-0.4, -0.2) is 67.9 Å². The highest BCUT2D eigenvalue weighted by atomic mass is 35.5. The first-order chi connectivity index (χ1) is 9.46. The summed E-state index contributed by atoms with van der Waals surface area (Å²) in [7, 11) is 2.07. The lowest BCUT2D eigenvalue weighted by Gasteiger charge is -2.38. The Balaban J connectivity index is 0.00000400. The molecule has 0 aliphatic carbocycles. The molecule has 0 aromatic rings. The average molecular weight is 318 g/mol. The summed E-state index contributed by atoms with van der Waals surface area (Å²) in [6.07, 6.45) is 1.96. The van der Waals surface area contributed by atoms with E-state index >= 15 is 0 Å². The predicted molar refractivity (Wildman–Crippen MR) is 78.5 cm³/mol. The fourth-order valence-electron chi connectivity index (χ4n) is 2.51. The van der Waals surface area contributed by atoms with Crippen LogP contribution in [0.1, 0.15) is 20.3 Å². The van der Waals surface area contributed by atoms with Crippen LogP contribution in [0.2, 0.25) is 0 Å². The molecule has 1 fully saturated rings. The highest BCUT2D eigenvalue weighted by molar-refractivity contribution is 6.03. The van der Waals surface area contributed by atoms with E-state index in [0.717, 1.165) is 26.2 Å². The van der Waals surface area contributed by atoms with Gasteiger partial charge < -0.3 is 22.0 Å². The normalized spacial score (nSPS) is 19.2. The minimum absolute atomic E-state index is 0. The zero-order valence-electron chi connectivity index (χ0n) is 13.2. The number of hydrogen-bond donors (Lipinski definition) is 0. The SMILES string of the molecule is C=CCC(CN1CCN(C)CC1)(C(C)=O)C(=O)OCC.[Cl-]. The number of nitrogens with zero attached hydrogens (tertiary/aromatic N) is 2. The Morgan fingerprint density at radius 2 is 1.86 bits per heavy atom. The van der Waals surface area contributed by atoms with E-state index in [9.17, 15) is 9.59 Å². The standard InChI is InChI=1S/C15H26N2O3.ClH/c1-5-7-15(13(3)18,14(19)20-6-2)12-17-10-8-16(4)9-11-17;/h5H,1,6-12H2,2-4H3;1H/p-1. The van der Waals surface area contributed by atoms with Crippen LogP contribution >= 0.6 is 0 Å². The van der Waals surface area contributed by atoms with Gasteiger partial charge in [-0.1, -0.05) is 6.08 Å². The lowest BCUT2D eigenvalue weighted by atomic mass is 9.79. The number of rotatable bonds is 7. The molecule has 1 atom stereocenters. The van der Waals surface area contributed by atoms with E-state index in [-0.39, 0.29) is 24.8 Å². The first-order valence-corrected chi connectivity index (χ1v) is 7.16. The molecular weight excluding hydrogens is 292 g/mol. The van der Waals surface area contributed by atoms with Crippen LogP contribution in [0.15, 0.2) is 12.7 Å². The lowest BCUT2D eigenvalue weighted by Crippen LogP contribution is -3.00. The van der Waals surface area contributed by atoms with Crippen LogP contribution in [-0.2, 0) is 14.3 Å². The summed E-state index contributed by atoms with van der Waals surface area (Å²) >= 11 is 0. The zero-order chi connectivity index (χ0) is 15.2. The third-order valence-electron chi connectivity index (χ3n) is 3.92. The Labute approximate surface area is 133 Å². The Hall–Kier alpha value is -0.910. The van der Waals surface area contributed by atoms with Gasteiger partial charge in [-0.25, -0.2) is 0 Å². The van der Waals surface area contributed by atoms with Crippen LogP contribution in [0.25, 0.3) is 0 Å². The molecule has 1 saturated heterocycles. The number of esters is 1. The van der Waals surface area contributed by atoms with E-state index in [1.54, 1.807) is 13.0 Å². The number of allylic oxidation sites excluding steroid dienone is 1. The second-order valence-corrected chi connectivity index (χ2v) is 5.43. The second-order valence-electron chi connectivity index (χ2n) is 5.43. The highest BCUT2D eigenvalue weighted by Gasteiger charge is 2.45. The van der Waals surface area contributed by atoms with Crippen molar-refractivity contribution in [1.29, 1.82) is 0 Å². The van der Waals surface area contributed by atoms with Gasteiger partial charge in [-0.15, -0.1) is 6.58 Å². The fourth-order valence-corrected chi connectivity index (χ4v) is 2.51. The van der Waals surface area contributed by atoms with Crippen LogP contribution in [0, 0.1) is 5.41 Å². The van der Waals surface area contributed by atoms with Crippen molar-refractivity contribution < 1.29 is 26.7 Å². The largest absolute Gasteiger partial charge is 1.00 e. The molecular formula is C15H26ClN2O3-. The fraction of sp³-hybridized carbons (Fsp3) is 0.733. The molecule has 0 aromatic carbocycles. The maximum atomic E-state index is 12.3. The van der Waals surface area contributed by atoms with Crippen molar-refractivity contribution in [1.82, 2.24) is 9.80 Å². The van der Waals surface area contributed by atoms with Crippen LogP contribution in [0.5, 0.6) is 0 Å². The maximum absolute atomic E-state index is 12.3. The Morgan fingerprint density at radius 3 is 2.29 bits per heavy atom. The van der Waals surface area contributed by atoms with E-state index in [1.165, 1.54) is 6.92 Å². The molecule has 0 amide bonds. The Morgan fingerprint density at radius 1 is 1.29 bits per heavy atom. The van der Waals surface area contributed by atoms with E-state index in [2.05, 4.69) is 23.4 Å². The number of piperazine rings is 1.